The van der Waals surface area contributed by atoms with Gasteiger partial charge in [-0.1, -0.05) is 24.6 Å². The van der Waals surface area contributed by atoms with Crippen LogP contribution in [0.3, 0.4) is 0 Å². The van der Waals surface area contributed by atoms with Gasteiger partial charge in [0.05, 0.1) is 0 Å². The fourth-order valence-electron chi connectivity index (χ4n) is 2.76. The summed E-state index contributed by atoms with van der Waals surface area (Å²) in [6.45, 7) is 3.52. The lowest BCUT2D eigenvalue weighted by atomic mass is 10.1. The Hall–Kier alpha value is -0.530. The maximum absolute atomic E-state index is 6.06. The Morgan fingerprint density at radius 3 is 3.00 bits per heavy atom. The molecule has 2 heteroatoms. The molecule has 0 amide bonds. The topological polar surface area (TPSA) is 12.0 Å². The number of hydrogen-bond acceptors (Lipinski definition) is 1. The van der Waals surface area contributed by atoms with E-state index in [0.29, 0.717) is 6.04 Å². The van der Waals surface area contributed by atoms with Crippen molar-refractivity contribution in [3.8, 4) is 0 Å². The van der Waals surface area contributed by atoms with Gasteiger partial charge in [0.2, 0.25) is 0 Å². The Balaban J connectivity index is 1.68. The second-order valence-corrected chi connectivity index (χ2v) is 5.75. The molecular formula is C14H18ClN. The van der Waals surface area contributed by atoms with Crippen LogP contribution >= 0.6 is 11.6 Å². The summed E-state index contributed by atoms with van der Waals surface area (Å²) in [6.07, 6.45) is 3.84. The summed E-state index contributed by atoms with van der Waals surface area (Å²) in [5, 5.41) is 4.57. The van der Waals surface area contributed by atoms with E-state index in [1.54, 1.807) is 0 Å². The van der Waals surface area contributed by atoms with E-state index >= 15 is 0 Å². The Morgan fingerprint density at radius 1 is 1.44 bits per heavy atom. The van der Waals surface area contributed by atoms with Gasteiger partial charge in [-0.05, 0) is 60.9 Å². The molecule has 0 aliphatic heterocycles. The molecule has 0 bridgehead atoms. The lowest BCUT2D eigenvalue weighted by Crippen LogP contribution is -2.22. The van der Waals surface area contributed by atoms with Crippen molar-refractivity contribution in [3.05, 3.63) is 34.3 Å². The molecule has 0 radical (unpaired) electrons. The van der Waals surface area contributed by atoms with Crippen LogP contribution in [0.2, 0.25) is 5.02 Å². The third-order valence-electron chi connectivity index (χ3n) is 4.09. The van der Waals surface area contributed by atoms with Crippen molar-refractivity contribution in [1.82, 2.24) is 5.32 Å². The smallest absolute Gasteiger partial charge is 0.0409 e. The standard InChI is InChI=1S/C14H18ClN/c1-9-6-11(9)8-16-14-5-3-10-2-4-12(15)7-13(10)14/h2,4,7,9,11,14,16H,3,5-6,8H2,1H3. The van der Waals surface area contributed by atoms with Crippen molar-refractivity contribution in [2.45, 2.75) is 32.2 Å². The number of hydrogen-bond donors (Lipinski definition) is 1. The first-order valence-corrected chi connectivity index (χ1v) is 6.63. The SMILES string of the molecule is CC1CC1CNC1CCc2ccc(Cl)cc21. The third-order valence-corrected chi connectivity index (χ3v) is 4.32. The van der Waals surface area contributed by atoms with Gasteiger partial charge >= 0.3 is 0 Å². The van der Waals surface area contributed by atoms with Crippen molar-refractivity contribution in [2.75, 3.05) is 6.54 Å². The Bertz CT molecular complexity index is 402. The number of benzene rings is 1. The van der Waals surface area contributed by atoms with Crippen LogP contribution in [0.15, 0.2) is 18.2 Å². The second-order valence-electron chi connectivity index (χ2n) is 5.32. The third kappa shape index (κ3) is 1.99. The molecule has 1 aromatic carbocycles. The van der Waals surface area contributed by atoms with E-state index in [-0.39, 0.29) is 0 Å². The zero-order valence-electron chi connectivity index (χ0n) is 9.67. The molecule has 3 rings (SSSR count). The number of rotatable bonds is 3. The van der Waals surface area contributed by atoms with Gasteiger partial charge in [0.15, 0.2) is 0 Å². The molecule has 3 atom stereocenters. The second kappa shape index (κ2) is 4.05. The van der Waals surface area contributed by atoms with E-state index in [0.717, 1.165) is 16.9 Å². The summed E-state index contributed by atoms with van der Waals surface area (Å²) < 4.78 is 0. The molecule has 1 aromatic rings. The van der Waals surface area contributed by atoms with E-state index in [1.807, 2.05) is 6.07 Å². The molecule has 2 aliphatic rings. The number of fused-ring (bicyclic) bond motifs is 1. The minimum atomic E-state index is 0.543. The lowest BCUT2D eigenvalue weighted by Gasteiger charge is -2.14. The molecule has 1 saturated carbocycles. The average molecular weight is 236 g/mol. The molecule has 0 aromatic heterocycles. The normalized spacial score (nSPS) is 31.5. The molecular weight excluding hydrogens is 218 g/mol. The molecule has 0 spiro atoms. The maximum Gasteiger partial charge on any atom is 0.0409 e. The zero-order chi connectivity index (χ0) is 11.1. The number of nitrogens with one attached hydrogen (secondary N) is 1. The first kappa shape index (κ1) is 10.6. The quantitative estimate of drug-likeness (QED) is 0.845. The molecule has 1 nitrogen and oxygen atoms in total. The fraction of sp³-hybridized carbons (Fsp3) is 0.571. The predicted molar refractivity (Wildman–Crippen MR) is 67.8 cm³/mol. The van der Waals surface area contributed by atoms with Crippen molar-refractivity contribution in [2.24, 2.45) is 11.8 Å². The highest BCUT2D eigenvalue weighted by Gasteiger charge is 2.33. The van der Waals surface area contributed by atoms with Gasteiger partial charge in [-0.3, -0.25) is 0 Å². The summed E-state index contributed by atoms with van der Waals surface area (Å²) in [5.41, 5.74) is 2.91. The molecule has 86 valence electrons. The lowest BCUT2D eigenvalue weighted by molar-refractivity contribution is 0.502. The molecule has 16 heavy (non-hydrogen) atoms. The molecule has 0 saturated heterocycles. The van der Waals surface area contributed by atoms with Crippen LogP contribution in [-0.2, 0) is 6.42 Å². The van der Waals surface area contributed by atoms with Gasteiger partial charge in [-0.2, -0.15) is 0 Å². The minimum Gasteiger partial charge on any atom is -0.310 e. The van der Waals surface area contributed by atoms with E-state index < -0.39 is 0 Å². The van der Waals surface area contributed by atoms with E-state index in [4.69, 9.17) is 11.6 Å². The number of halogens is 1. The highest BCUT2D eigenvalue weighted by atomic mass is 35.5. The van der Waals surface area contributed by atoms with Crippen molar-refractivity contribution in [3.63, 3.8) is 0 Å². The Kier molecular flexibility index (Phi) is 2.68. The van der Waals surface area contributed by atoms with Crippen LogP contribution in [0.1, 0.15) is 36.9 Å². The molecule has 0 heterocycles. The van der Waals surface area contributed by atoms with Gasteiger partial charge in [-0.25, -0.2) is 0 Å². The van der Waals surface area contributed by atoms with Gasteiger partial charge in [0, 0.05) is 11.1 Å². The Labute approximate surface area is 102 Å². The van der Waals surface area contributed by atoms with Gasteiger partial charge in [0.1, 0.15) is 0 Å². The molecule has 1 fully saturated rings. The van der Waals surface area contributed by atoms with Gasteiger partial charge in [-0.15, -0.1) is 0 Å². The zero-order valence-corrected chi connectivity index (χ0v) is 10.4. The number of aryl methyl sites for hydroxylation is 1. The fourth-order valence-corrected chi connectivity index (χ4v) is 2.94. The molecule has 1 N–H and O–H groups in total. The van der Waals surface area contributed by atoms with Crippen molar-refractivity contribution < 1.29 is 0 Å². The first-order chi connectivity index (χ1) is 7.74. The minimum absolute atomic E-state index is 0.543. The summed E-state index contributed by atoms with van der Waals surface area (Å²) >= 11 is 6.06. The molecule has 3 unspecified atom stereocenters. The summed E-state index contributed by atoms with van der Waals surface area (Å²) in [4.78, 5) is 0. The van der Waals surface area contributed by atoms with Crippen LogP contribution in [-0.4, -0.2) is 6.54 Å². The highest BCUT2D eigenvalue weighted by molar-refractivity contribution is 6.30. The van der Waals surface area contributed by atoms with Crippen molar-refractivity contribution >= 4 is 11.6 Å². The van der Waals surface area contributed by atoms with Crippen LogP contribution < -0.4 is 5.32 Å². The summed E-state index contributed by atoms with van der Waals surface area (Å²) in [6, 6.07) is 6.87. The van der Waals surface area contributed by atoms with Crippen LogP contribution in [0.5, 0.6) is 0 Å². The van der Waals surface area contributed by atoms with Crippen molar-refractivity contribution in [1.29, 1.82) is 0 Å². The Morgan fingerprint density at radius 2 is 2.25 bits per heavy atom. The first-order valence-electron chi connectivity index (χ1n) is 6.26. The summed E-state index contributed by atoms with van der Waals surface area (Å²) in [5.74, 6) is 1.86. The van der Waals surface area contributed by atoms with Gasteiger partial charge in [0.25, 0.3) is 0 Å². The van der Waals surface area contributed by atoms with E-state index in [2.05, 4.69) is 24.4 Å². The van der Waals surface area contributed by atoms with E-state index in [1.165, 1.54) is 36.9 Å². The summed E-state index contributed by atoms with van der Waals surface area (Å²) in [7, 11) is 0. The molecule has 2 aliphatic carbocycles. The van der Waals surface area contributed by atoms with Crippen LogP contribution in [0.25, 0.3) is 0 Å². The monoisotopic (exact) mass is 235 g/mol. The average Bonchev–Trinajstić information content (AvgIpc) is 2.83. The maximum atomic E-state index is 6.06. The predicted octanol–water partition coefficient (Wildman–Crippen LogP) is 3.57. The van der Waals surface area contributed by atoms with E-state index in [9.17, 15) is 0 Å². The largest absolute Gasteiger partial charge is 0.310 e. The van der Waals surface area contributed by atoms with Crippen LogP contribution in [0, 0.1) is 11.8 Å². The van der Waals surface area contributed by atoms with Gasteiger partial charge < -0.3 is 5.32 Å². The highest BCUT2D eigenvalue weighted by Crippen LogP contribution is 2.38. The van der Waals surface area contributed by atoms with Crippen LogP contribution in [0.4, 0.5) is 0 Å².